The first-order chi connectivity index (χ1) is 32.0. The number of aromatic nitrogens is 3. The number of carbonyl (C=O) groups excluding carboxylic acids is 4. The van der Waals surface area contributed by atoms with E-state index in [2.05, 4.69) is 72.3 Å². The number of fused-ring (bicyclic) bond motifs is 6. The molecule has 3 aromatic heterocycles. The van der Waals surface area contributed by atoms with Crippen molar-refractivity contribution in [3.8, 4) is 22.5 Å². The second-order valence-electron chi connectivity index (χ2n) is 20.1. The van der Waals surface area contributed by atoms with Gasteiger partial charge < -0.3 is 38.8 Å². The van der Waals surface area contributed by atoms with Crippen LogP contribution in [0.5, 0.6) is 0 Å². The Labute approximate surface area is 398 Å². The monoisotopic (exact) mass is 940 g/mol. The number of hydrazine groups is 1. The van der Waals surface area contributed by atoms with E-state index in [1.807, 2.05) is 32.2 Å². The fourth-order valence-corrected chi connectivity index (χ4v) is 11.4. The highest BCUT2D eigenvalue weighted by atomic mass is 32.1. The molecule has 1 aromatic carbocycles. The number of nitrogens with zero attached hydrogens (tertiary/aromatic N) is 7. The summed E-state index contributed by atoms with van der Waals surface area (Å²) in [5.41, 5.74) is 9.13. The predicted molar refractivity (Wildman–Crippen MR) is 258 cm³/mol. The molecular weight excluding hydrogens is 871 g/mol. The molecule has 67 heavy (non-hydrogen) atoms. The van der Waals surface area contributed by atoms with Gasteiger partial charge in [0.05, 0.1) is 47.0 Å². The van der Waals surface area contributed by atoms with E-state index in [1.165, 1.54) is 21.2 Å². The Bertz CT molecular complexity index is 2460. The first-order valence-corrected chi connectivity index (χ1v) is 24.9. The van der Waals surface area contributed by atoms with Gasteiger partial charge in [-0.15, -0.1) is 11.3 Å². The molecule has 0 aliphatic carbocycles. The van der Waals surface area contributed by atoms with Crippen molar-refractivity contribution in [2.75, 3.05) is 67.1 Å². The highest BCUT2D eigenvalue weighted by Gasteiger charge is 2.43. The summed E-state index contributed by atoms with van der Waals surface area (Å²) < 4.78 is 20.5. The molecule has 8 rings (SSSR count). The molecule has 1 spiro atoms. The van der Waals surface area contributed by atoms with Crippen LogP contribution < -0.4 is 10.7 Å². The summed E-state index contributed by atoms with van der Waals surface area (Å²) in [5, 5.41) is 8.25. The summed E-state index contributed by atoms with van der Waals surface area (Å²) in [7, 11) is 5.46. The number of amides is 4. The molecule has 4 aromatic rings. The fourth-order valence-electron chi connectivity index (χ4n) is 10.5. The van der Waals surface area contributed by atoms with Crippen molar-refractivity contribution in [1.29, 1.82) is 0 Å². The average Bonchev–Trinajstić information content (AvgIpc) is 3.91. The van der Waals surface area contributed by atoms with Crippen molar-refractivity contribution in [3.63, 3.8) is 0 Å². The highest BCUT2D eigenvalue weighted by Crippen LogP contribution is 2.42. The van der Waals surface area contributed by atoms with Crippen LogP contribution in [-0.2, 0) is 48.0 Å². The van der Waals surface area contributed by atoms with Crippen molar-refractivity contribution in [2.24, 2.45) is 11.3 Å². The largest absolute Gasteiger partial charge is 0.464 e. The van der Waals surface area contributed by atoms with Crippen LogP contribution in [0.4, 0.5) is 4.79 Å². The highest BCUT2D eigenvalue weighted by molar-refractivity contribution is 7.10. The molecule has 1 unspecified atom stereocenters. The number of thiazole rings is 1. The smallest absolute Gasteiger partial charge is 0.324 e. The summed E-state index contributed by atoms with van der Waals surface area (Å²) in [5.74, 6) is -1.54. The fraction of sp³-hybridized carbons (Fsp3) is 0.600. The Morgan fingerprint density at radius 2 is 1.88 bits per heavy atom. The number of hydrogen-bond acceptors (Lipinski definition) is 12. The molecule has 7 heterocycles. The first kappa shape index (κ1) is 48.5. The number of pyridine rings is 1. The normalized spacial score (nSPS) is 22.4. The van der Waals surface area contributed by atoms with E-state index in [0.29, 0.717) is 57.1 Å². The lowest BCUT2D eigenvalue weighted by atomic mass is 9.84. The molecule has 4 aliphatic heterocycles. The summed E-state index contributed by atoms with van der Waals surface area (Å²) in [4.78, 5) is 72.8. The van der Waals surface area contributed by atoms with Crippen molar-refractivity contribution >= 4 is 46.1 Å². The van der Waals surface area contributed by atoms with E-state index >= 15 is 0 Å². The van der Waals surface area contributed by atoms with Crippen LogP contribution in [0.25, 0.3) is 33.4 Å². The third-order valence-corrected chi connectivity index (χ3v) is 15.0. The number of benzene rings is 1. The number of ether oxygens (including phenoxy) is 3. The molecule has 3 fully saturated rings. The minimum Gasteiger partial charge on any atom is -0.464 e. The summed E-state index contributed by atoms with van der Waals surface area (Å²) in [6.45, 7) is 16.8. The van der Waals surface area contributed by atoms with E-state index in [9.17, 15) is 19.2 Å². The third kappa shape index (κ3) is 10.1. The van der Waals surface area contributed by atoms with Crippen LogP contribution in [0.1, 0.15) is 89.6 Å². The number of aryl methyl sites for hydroxylation is 1. The number of nitrogens with one attached hydrogen (secondary N) is 2. The number of carbonyl (C=O) groups is 4. The Morgan fingerprint density at radius 3 is 2.60 bits per heavy atom. The van der Waals surface area contributed by atoms with Gasteiger partial charge in [0.1, 0.15) is 18.1 Å². The second-order valence-corrected chi connectivity index (χ2v) is 21.1. The number of cyclic esters (lactones) is 1. The van der Waals surface area contributed by atoms with E-state index in [1.54, 1.807) is 25.3 Å². The summed E-state index contributed by atoms with van der Waals surface area (Å²) >= 11 is 1.43. The Kier molecular flexibility index (Phi) is 14.4. The van der Waals surface area contributed by atoms with Gasteiger partial charge in [-0.25, -0.2) is 15.2 Å². The molecular formula is C50H69N9O7S. The molecule has 17 heteroatoms. The maximum atomic E-state index is 14.7. The predicted octanol–water partition coefficient (Wildman–Crippen LogP) is 6.08. The number of methoxy groups -OCH3 is 1. The molecule has 0 radical (unpaired) electrons. The second kappa shape index (κ2) is 20.0. The SMILES string of the molecule is CCn1c(-c2cccnc2[C@H](C)OC)c2c3cc(ccc31)-c1csc(n1)C[C@H](NC(=O)C(C(C)C)N(C)C(=O)N1CCC3(CC1)CN(C)CCO3)C(=O)N1CCC[C@H](N1)C(=O)OCC(C)(C)C2. The lowest BCUT2D eigenvalue weighted by molar-refractivity contribution is -0.155. The van der Waals surface area contributed by atoms with E-state index in [0.717, 1.165) is 70.6 Å². The minimum absolute atomic E-state index is 0.104. The number of hydrogen-bond donors (Lipinski definition) is 2. The standard InChI is InChI=1S/C50H69N9O7S/c1-10-58-40-16-15-33-25-35(40)36(44(58)34-13-11-19-51-42(34)32(4)64-9)27-49(5,6)30-65-47(62)37-14-12-20-59(54-37)46(61)38(26-41-52-39(33)28-67-41)53-45(60)43(31(2)3)56(8)48(63)57-21-17-50(18-22-57)29-55(7)23-24-66-50/h11,13,15-16,19,25,28,31-32,37-38,43,54H,10,12,14,17-18,20-24,26-27,29-30H2,1-9H3,(H,53,60)/t32-,37-,38-,43?/m0/s1. The summed E-state index contributed by atoms with van der Waals surface area (Å²) in [6, 6.07) is 7.56. The number of esters is 1. The Balaban J connectivity index is 1.13. The van der Waals surface area contributed by atoms with E-state index in [-0.39, 0.29) is 36.7 Å². The van der Waals surface area contributed by atoms with Crippen molar-refractivity contribution in [2.45, 2.75) is 116 Å². The zero-order valence-corrected chi connectivity index (χ0v) is 41.5. The van der Waals surface area contributed by atoms with Gasteiger partial charge in [0, 0.05) is 98.9 Å². The Morgan fingerprint density at radius 1 is 1.10 bits per heavy atom. The number of rotatable bonds is 8. The van der Waals surface area contributed by atoms with Crippen LogP contribution in [0.3, 0.4) is 0 Å². The number of likely N-dealkylation sites (tertiary alicyclic amines) is 1. The average molecular weight is 940 g/mol. The third-order valence-electron chi connectivity index (χ3n) is 14.2. The molecule has 362 valence electrons. The van der Waals surface area contributed by atoms with Gasteiger partial charge in [0.25, 0.3) is 5.91 Å². The number of piperidine rings is 1. The van der Waals surface area contributed by atoms with Crippen LogP contribution in [0.2, 0.25) is 0 Å². The van der Waals surface area contributed by atoms with Crippen LogP contribution in [0.15, 0.2) is 41.9 Å². The van der Waals surface area contributed by atoms with Gasteiger partial charge in [-0.3, -0.25) is 24.4 Å². The molecule has 3 saturated heterocycles. The minimum atomic E-state index is -1.05. The lowest BCUT2D eigenvalue weighted by Crippen LogP contribution is -2.63. The van der Waals surface area contributed by atoms with Gasteiger partial charge in [0.15, 0.2) is 0 Å². The van der Waals surface area contributed by atoms with Gasteiger partial charge in [-0.05, 0) is 88.7 Å². The van der Waals surface area contributed by atoms with E-state index in [4.69, 9.17) is 24.2 Å². The first-order valence-electron chi connectivity index (χ1n) is 24.0. The van der Waals surface area contributed by atoms with Gasteiger partial charge in [-0.1, -0.05) is 33.8 Å². The zero-order valence-electron chi connectivity index (χ0n) is 40.7. The van der Waals surface area contributed by atoms with Crippen molar-refractivity contribution in [1.82, 2.24) is 45.0 Å². The zero-order chi connectivity index (χ0) is 47.8. The summed E-state index contributed by atoms with van der Waals surface area (Å²) in [6.07, 6.45) is 4.73. The molecule has 2 N–H and O–H groups in total. The number of likely N-dealkylation sites (N-methyl/N-ethyl adjacent to an activating group) is 2. The molecule has 4 aliphatic rings. The molecule has 6 bridgehead atoms. The van der Waals surface area contributed by atoms with Crippen LogP contribution in [-0.4, -0.2) is 149 Å². The number of urea groups is 1. The molecule has 0 saturated carbocycles. The molecule has 4 amide bonds. The van der Waals surface area contributed by atoms with Crippen LogP contribution >= 0.6 is 11.3 Å². The topological polar surface area (TPSA) is 164 Å². The maximum Gasteiger partial charge on any atom is 0.324 e. The van der Waals surface area contributed by atoms with Gasteiger partial charge >= 0.3 is 12.0 Å². The number of morpholine rings is 1. The van der Waals surface area contributed by atoms with Crippen LogP contribution in [0, 0.1) is 11.3 Å². The van der Waals surface area contributed by atoms with Crippen molar-refractivity contribution < 1.29 is 33.4 Å². The lowest BCUT2D eigenvalue weighted by Gasteiger charge is -2.47. The molecule has 4 atom stereocenters. The maximum absolute atomic E-state index is 14.7. The Hall–Kier alpha value is -4.94. The van der Waals surface area contributed by atoms with E-state index < -0.39 is 41.3 Å². The van der Waals surface area contributed by atoms with Gasteiger partial charge in [-0.2, -0.15) is 0 Å². The van der Waals surface area contributed by atoms with Crippen molar-refractivity contribution in [3.05, 3.63) is 58.2 Å². The van der Waals surface area contributed by atoms with Gasteiger partial charge in [0.2, 0.25) is 5.91 Å². The quantitative estimate of drug-likeness (QED) is 0.197. The molecule has 16 nitrogen and oxygen atoms in total.